The molecule has 0 aliphatic heterocycles. The highest BCUT2D eigenvalue weighted by molar-refractivity contribution is 7.89. The van der Waals surface area contributed by atoms with E-state index < -0.39 is 10.0 Å². The standard InChI is InChI=1S/C25H33ClN2O4S/c1-18-16-22(17-19(2)25(18)26)32-15-5-8-24(29)27-14-13-20-9-11-23(12-10-20)33(30,31)28-21-6-3-4-7-21/h9-12,16-17,21,28H,3-8,13-15H2,1-2H3,(H,27,29). The lowest BCUT2D eigenvalue weighted by Crippen LogP contribution is -2.32. The number of amides is 1. The molecule has 1 fully saturated rings. The summed E-state index contributed by atoms with van der Waals surface area (Å²) < 4.78 is 33.5. The van der Waals surface area contributed by atoms with Crippen molar-refractivity contribution in [2.45, 2.75) is 69.7 Å². The number of aryl methyl sites for hydroxylation is 2. The molecule has 6 nitrogen and oxygen atoms in total. The Bertz CT molecular complexity index is 1030. The van der Waals surface area contributed by atoms with E-state index in [0.717, 1.165) is 53.1 Å². The molecule has 2 aromatic carbocycles. The number of carbonyl (C=O) groups excluding carboxylic acids is 1. The van der Waals surface area contributed by atoms with E-state index in [0.29, 0.717) is 32.4 Å². The summed E-state index contributed by atoms with van der Waals surface area (Å²) in [6.45, 7) is 4.84. The molecule has 8 heteroatoms. The van der Waals surface area contributed by atoms with E-state index in [2.05, 4.69) is 10.0 Å². The summed E-state index contributed by atoms with van der Waals surface area (Å²) >= 11 is 6.17. The molecule has 33 heavy (non-hydrogen) atoms. The van der Waals surface area contributed by atoms with Gasteiger partial charge in [0.1, 0.15) is 5.75 Å². The Hall–Kier alpha value is -2.09. The van der Waals surface area contributed by atoms with E-state index in [4.69, 9.17) is 16.3 Å². The molecule has 2 aromatic rings. The van der Waals surface area contributed by atoms with Gasteiger partial charge in [0.25, 0.3) is 0 Å². The Morgan fingerprint density at radius 1 is 1.09 bits per heavy atom. The average molecular weight is 493 g/mol. The minimum Gasteiger partial charge on any atom is -0.494 e. The van der Waals surface area contributed by atoms with Crippen LogP contribution in [0.2, 0.25) is 5.02 Å². The first kappa shape index (κ1) is 25.5. The number of nitrogens with one attached hydrogen (secondary N) is 2. The van der Waals surface area contributed by atoms with Crippen LogP contribution in [-0.4, -0.2) is 33.5 Å². The van der Waals surface area contributed by atoms with Crippen molar-refractivity contribution in [3.05, 3.63) is 58.1 Å². The zero-order valence-electron chi connectivity index (χ0n) is 19.3. The molecule has 1 amide bonds. The van der Waals surface area contributed by atoms with Gasteiger partial charge in [0.15, 0.2) is 0 Å². The summed E-state index contributed by atoms with van der Waals surface area (Å²) in [5.74, 6) is 0.737. The summed E-state index contributed by atoms with van der Waals surface area (Å²) in [7, 11) is -3.47. The lowest BCUT2D eigenvalue weighted by molar-refractivity contribution is -0.121. The summed E-state index contributed by atoms with van der Waals surface area (Å²) in [5.41, 5.74) is 2.92. The number of sulfonamides is 1. The summed E-state index contributed by atoms with van der Waals surface area (Å²) in [6.07, 6.45) is 5.61. The van der Waals surface area contributed by atoms with Crippen molar-refractivity contribution in [3.63, 3.8) is 0 Å². The van der Waals surface area contributed by atoms with Crippen LogP contribution in [0.15, 0.2) is 41.3 Å². The Morgan fingerprint density at radius 2 is 1.73 bits per heavy atom. The highest BCUT2D eigenvalue weighted by Crippen LogP contribution is 2.26. The number of ether oxygens (including phenoxy) is 1. The average Bonchev–Trinajstić information content (AvgIpc) is 3.27. The first-order chi connectivity index (χ1) is 15.7. The summed E-state index contributed by atoms with van der Waals surface area (Å²) in [4.78, 5) is 12.4. The highest BCUT2D eigenvalue weighted by atomic mass is 35.5. The minimum atomic E-state index is -3.47. The van der Waals surface area contributed by atoms with Crippen molar-refractivity contribution >= 4 is 27.5 Å². The van der Waals surface area contributed by atoms with Crippen LogP contribution in [0.5, 0.6) is 5.75 Å². The molecular formula is C25H33ClN2O4S. The topological polar surface area (TPSA) is 84.5 Å². The second-order valence-electron chi connectivity index (χ2n) is 8.67. The quantitative estimate of drug-likeness (QED) is 0.445. The molecule has 0 saturated heterocycles. The predicted molar refractivity (Wildman–Crippen MR) is 131 cm³/mol. The largest absolute Gasteiger partial charge is 0.494 e. The monoisotopic (exact) mass is 492 g/mol. The van der Waals surface area contributed by atoms with E-state index >= 15 is 0 Å². The fourth-order valence-electron chi connectivity index (χ4n) is 4.01. The van der Waals surface area contributed by atoms with E-state index in [1.54, 1.807) is 24.3 Å². The first-order valence-electron chi connectivity index (χ1n) is 11.5. The van der Waals surface area contributed by atoms with Crippen LogP contribution in [-0.2, 0) is 21.2 Å². The fourth-order valence-corrected chi connectivity index (χ4v) is 5.43. The SMILES string of the molecule is Cc1cc(OCCCC(=O)NCCc2ccc(S(=O)(=O)NC3CCCC3)cc2)cc(C)c1Cl. The zero-order valence-corrected chi connectivity index (χ0v) is 20.9. The van der Waals surface area contributed by atoms with Gasteiger partial charge >= 0.3 is 0 Å². The zero-order chi connectivity index (χ0) is 23.8. The number of hydrogen-bond donors (Lipinski definition) is 2. The van der Waals surface area contributed by atoms with Crippen LogP contribution in [0.3, 0.4) is 0 Å². The Kier molecular flexibility index (Phi) is 9.18. The third-order valence-electron chi connectivity index (χ3n) is 5.87. The van der Waals surface area contributed by atoms with Crippen LogP contribution in [0.4, 0.5) is 0 Å². The lowest BCUT2D eigenvalue weighted by atomic mass is 10.1. The third-order valence-corrected chi connectivity index (χ3v) is 8.01. The third kappa shape index (κ3) is 7.73. The van der Waals surface area contributed by atoms with Crippen molar-refractivity contribution < 1.29 is 17.9 Å². The van der Waals surface area contributed by atoms with Crippen LogP contribution in [0, 0.1) is 13.8 Å². The van der Waals surface area contributed by atoms with Crippen LogP contribution in [0.1, 0.15) is 55.2 Å². The lowest BCUT2D eigenvalue weighted by Gasteiger charge is -2.13. The van der Waals surface area contributed by atoms with Crippen LogP contribution >= 0.6 is 11.6 Å². The van der Waals surface area contributed by atoms with Gasteiger partial charge in [-0.15, -0.1) is 0 Å². The molecule has 0 aromatic heterocycles. The Balaban J connectivity index is 1.34. The molecule has 3 rings (SSSR count). The van der Waals surface area contributed by atoms with E-state index in [-0.39, 0.29) is 16.8 Å². The van der Waals surface area contributed by atoms with Gasteiger partial charge < -0.3 is 10.1 Å². The first-order valence-corrected chi connectivity index (χ1v) is 13.4. The van der Waals surface area contributed by atoms with Gasteiger partial charge in [0, 0.05) is 24.0 Å². The van der Waals surface area contributed by atoms with Crippen LogP contribution < -0.4 is 14.8 Å². The smallest absolute Gasteiger partial charge is 0.240 e. The molecule has 0 heterocycles. The molecule has 0 spiro atoms. The number of benzene rings is 2. The van der Waals surface area contributed by atoms with Crippen molar-refractivity contribution in [2.24, 2.45) is 0 Å². The van der Waals surface area contributed by atoms with Gasteiger partial charge in [-0.05, 0) is 80.5 Å². The fraction of sp³-hybridized carbons (Fsp3) is 0.480. The maximum atomic E-state index is 12.5. The van der Waals surface area contributed by atoms with Crippen molar-refractivity contribution in [2.75, 3.05) is 13.2 Å². The maximum absolute atomic E-state index is 12.5. The van der Waals surface area contributed by atoms with Gasteiger partial charge in [-0.25, -0.2) is 13.1 Å². The predicted octanol–water partition coefficient (Wildman–Crippen LogP) is 4.70. The molecule has 180 valence electrons. The molecule has 0 atom stereocenters. The Morgan fingerprint density at radius 3 is 2.36 bits per heavy atom. The summed E-state index contributed by atoms with van der Waals surface area (Å²) in [6, 6.07) is 10.7. The van der Waals surface area contributed by atoms with Gasteiger partial charge in [-0.3, -0.25) is 4.79 Å². The van der Waals surface area contributed by atoms with Gasteiger partial charge in [-0.2, -0.15) is 0 Å². The number of halogens is 1. The molecule has 0 bridgehead atoms. The number of carbonyl (C=O) groups is 1. The molecule has 1 saturated carbocycles. The van der Waals surface area contributed by atoms with Gasteiger partial charge in [-0.1, -0.05) is 36.6 Å². The molecule has 0 unspecified atom stereocenters. The second kappa shape index (κ2) is 11.9. The van der Waals surface area contributed by atoms with Gasteiger partial charge in [0.05, 0.1) is 11.5 Å². The van der Waals surface area contributed by atoms with E-state index in [1.807, 2.05) is 26.0 Å². The number of rotatable bonds is 11. The Labute approximate surface area is 202 Å². The van der Waals surface area contributed by atoms with Crippen molar-refractivity contribution in [1.29, 1.82) is 0 Å². The maximum Gasteiger partial charge on any atom is 0.240 e. The molecule has 2 N–H and O–H groups in total. The van der Waals surface area contributed by atoms with Crippen LogP contribution in [0.25, 0.3) is 0 Å². The minimum absolute atomic E-state index is 0.0259. The molecule has 0 radical (unpaired) electrons. The second-order valence-corrected chi connectivity index (χ2v) is 10.8. The number of hydrogen-bond acceptors (Lipinski definition) is 4. The van der Waals surface area contributed by atoms with Crippen molar-refractivity contribution in [1.82, 2.24) is 10.0 Å². The highest BCUT2D eigenvalue weighted by Gasteiger charge is 2.22. The molecule has 1 aliphatic carbocycles. The normalized spacial score (nSPS) is 14.4. The molecular weight excluding hydrogens is 460 g/mol. The van der Waals surface area contributed by atoms with E-state index in [1.165, 1.54) is 0 Å². The van der Waals surface area contributed by atoms with Crippen molar-refractivity contribution in [3.8, 4) is 5.75 Å². The molecule has 1 aliphatic rings. The van der Waals surface area contributed by atoms with E-state index in [9.17, 15) is 13.2 Å². The van der Waals surface area contributed by atoms with Gasteiger partial charge in [0.2, 0.25) is 15.9 Å². The summed E-state index contributed by atoms with van der Waals surface area (Å²) in [5, 5.41) is 3.65.